The van der Waals surface area contributed by atoms with E-state index in [2.05, 4.69) is 27.2 Å². The lowest BCUT2D eigenvalue weighted by Gasteiger charge is -2.40. The van der Waals surface area contributed by atoms with Crippen LogP contribution in [0.1, 0.15) is 24.8 Å². The number of ether oxygens (including phenoxy) is 1. The fourth-order valence-electron chi connectivity index (χ4n) is 3.95. The van der Waals surface area contributed by atoms with Crippen molar-refractivity contribution in [2.24, 2.45) is 0 Å². The zero-order valence-electron chi connectivity index (χ0n) is 15.3. The van der Waals surface area contributed by atoms with Gasteiger partial charge in [0.25, 0.3) is 0 Å². The van der Waals surface area contributed by atoms with E-state index < -0.39 is 0 Å². The summed E-state index contributed by atoms with van der Waals surface area (Å²) in [7, 11) is 1.86. The van der Waals surface area contributed by atoms with Gasteiger partial charge in [-0.2, -0.15) is 5.10 Å². The standard InChI is InChI=1S/C20H26N4O2/c1-23-11-12-26-20(13-18(23)25)7-9-24(10-8-20)15-17-14-21-22-19(17)16-5-3-2-4-6-16/h2-6,14H,7-13,15H2,1H3,(H,21,22). The van der Waals surface area contributed by atoms with E-state index in [1.54, 1.807) is 4.90 Å². The van der Waals surface area contributed by atoms with Gasteiger partial charge >= 0.3 is 0 Å². The fraction of sp³-hybridized carbons (Fsp3) is 0.500. The number of rotatable bonds is 3. The number of aromatic amines is 1. The first-order valence-electron chi connectivity index (χ1n) is 9.33. The summed E-state index contributed by atoms with van der Waals surface area (Å²) in [6, 6.07) is 10.3. The van der Waals surface area contributed by atoms with Gasteiger partial charge in [-0.25, -0.2) is 0 Å². The Kier molecular flexibility index (Phi) is 4.78. The smallest absolute Gasteiger partial charge is 0.225 e. The summed E-state index contributed by atoms with van der Waals surface area (Å²) in [5, 5.41) is 7.39. The van der Waals surface area contributed by atoms with E-state index in [1.165, 1.54) is 5.56 Å². The molecule has 1 aromatic carbocycles. The van der Waals surface area contributed by atoms with Crippen molar-refractivity contribution in [2.75, 3.05) is 33.3 Å². The molecule has 0 radical (unpaired) electrons. The summed E-state index contributed by atoms with van der Waals surface area (Å²) in [5.74, 6) is 0.206. The number of aromatic nitrogens is 2. The van der Waals surface area contributed by atoms with Crippen molar-refractivity contribution in [2.45, 2.75) is 31.4 Å². The van der Waals surface area contributed by atoms with Crippen LogP contribution in [-0.2, 0) is 16.1 Å². The number of H-pyrrole nitrogens is 1. The zero-order chi connectivity index (χ0) is 18.0. The number of likely N-dealkylation sites (N-methyl/N-ethyl adjacent to an activating group) is 1. The highest BCUT2D eigenvalue weighted by atomic mass is 16.5. The topological polar surface area (TPSA) is 61.5 Å². The first-order valence-corrected chi connectivity index (χ1v) is 9.33. The van der Waals surface area contributed by atoms with Crippen molar-refractivity contribution in [3.8, 4) is 11.3 Å². The van der Waals surface area contributed by atoms with Crippen molar-refractivity contribution in [1.82, 2.24) is 20.0 Å². The minimum absolute atomic E-state index is 0.206. The van der Waals surface area contributed by atoms with E-state index >= 15 is 0 Å². The monoisotopic (exact) mass is 354 g/mol. The van der Waals surface area contributed by atoms with Crippen molar-refractivity contribution < 1.29 is 9.53 Å². The van der Waals surface area contributed by atoms with E-state index in [9.17, 15) is 4.79 Å². The van der Waals surface area contributed by atoms with Gasteiger partial charge in [-0.05, 0) is 18.4 Å². The number of hydrogen-bond donors (Lipinski definition) is 1. The number of carbonyl (C=O) groups excluding carboxylic acids is 1. The molecule has 0 aliphatic carbocycles. The summed E-state index contributed by atoms with van der Waals surface area (Å²) in [6.45, 7) is 4.08. The van der Waals surface area contributed by atoms with Gasteiger partial charge in [0, 0.05) is 38.8 Å². The zero-order valence-corrected chi connectivity index (χ0v) is 15.3. The van der Waals surface area contributed by atoms with Crippen LogP contribution < -0.4 is 0 Å². The molecule has 2 aromatic rings. The molecule has 0 bridgehead atoms. The van der Waals surface area contributed by atoms with Gasteiger partial charge in [-0.3, -0.25) is 14.8 Å². The molecular formula is C20H26N4O2. The maximum Gasteiger partial charge on any atom is 0.225 e. The molecule has 1 N–H and O–H groups in total. The molecule has 138 valence electrons. The molecule has 6 nitrogen and oxygen atoms in total. The van der Waals surface area contributed by atoms with E-state index in [4.69, 9.17) is 4.74 Å². The van der Waals surface area contributed by atoms with E-state index in [0.717, 1.165) is 43.7 Å². The lowest BCUT2D eigenvalue weighted by Crippen LogP contribution is -2.46. The van der Waals surface area contributed by atoms with Crippen molar-refractivity contribution in [1.29, 1.82) is 0 Å². The maximum absolute atomic E-state index is 12.2. The Hall–Kier alpha value is -2.18. The predicted octanol–water partition coefficient (Wildman–Crippen LogP) is 2.29. The van der Waals surface area contributed by atoms with Gasteiger partial charge in [-0.15, -0.1) is 0 Å². The second-order valence-electron chi connectivity index (χ2n) is 7.44. The number of amides is 1. The second-order valence-corrected chi connectivity index (χ2v) is 7.44. The molecule has 1 amide bonds. The van der Waals surface area contributed by atoms with Gasteiger partial charge in [-0.1, -0.05) is 30.3 Å². The number of hydrogen-bond acceptors (Lipinski definition) is 4. The number of piperidine rings is 1. The maximum atomic E-state index is 12.2. The first kappa shape index (κ1) is 17.2. The third-order valence-corrected chi connectivity index (χ3v) is 5.68. The van der Waals surface area contributed by atoms with Crippen molar-refractivity contribution >= 4 is 5.91 Å². The molecular weight excluding hydrogens is 328 g/mol. The quantitative estimate of drug-likeness (QED) is 0.919. The summed E-state index contributed by atoms with van der Waals surface area (Å²) >= 11 is 0. The Balaban J connectivity index is 1.41. The van der Waals surface area contributed by atoms with Crippen LogP contribution in [0.2, 0.25) is 0 Å². The van der Waals surface area contributed by atoms with E-state index in [-0.39, 0.29) is 11.5 Å². The highest BCUT2D eigenvalue weighted by Crippen LogP contribution is 2.33. The van der Waals surface area contributed by atoms with Crippen LogP contribution in [0.25, 0.3) is 11.3 Å². The van der Waals surface area contributed by atoms with Gasteiger partial charge in [0.1, 0.15) is 0 Å². The average molecular weight is 354 g/mol. The molecule has 2 fully saturated rings. The molecule has 0 unspecified atom stereocenters. The van der Waals surface area contributed by atoms with E-state index in [1.807, 2.05) is 31.4 Å². The minimum atomic E-state index is -0.267. The van der Waals surface area contributed by atoms with Crippen LogP contribution in [0.3, 0.4) is 0 Å². The molecule has 4 rings (SSSR count). The minimum Gasteiger partial charge on any atom is -0.373 e. The molecule has 2 aliphatic heterocycles. The third-order valence-electron chi connectivity index (χ3n) is 5.68. The summed E-state index contributed by atoms with van der Waals surface area (Å²) in [5.41, 5.74) is 3.20. The highest BCUT2D eigenvalue weighted by Gasteiger charge is 2.40. The summed E-state index contributed by atoms with van der Waals surface area (Å²) in [6.07, 6.45) is 4.25. The molecule has 26 heavy (non-hydrogen) atoms. The predicted molar refractivity (Wildman–Crippen MR) is 99.5 cm³/mol. The molecule has 1 spiro atoms. The van der Waals surface area contributed by atoms with Crippen LogP contribution in [0, 0.1) is 0 Å². The molecule has 2 aliphatic rings. The SMILES string of the molecule is CN1CCOC2(CCN(Cc3cn[nH]c3-c3ccccc3)CC2)CC1=O. The largest absolute Gasteiger partial charge is 0.373 e. The Morgan fingerprint density at radius 1 is 1.19 bits per heavy atom. The van der Waals surface area contributed by atoms with Crippen LogP contribution in [0.4, 0.5) is 0 Å². The van der Waals surface area contributed by atoms with Crippen LogP contribution in [0.5, 0.6) is 0 Å². The molecule has 6 heteroatoms. The molecule has 0 saturated carbocycles. The second kappa shape index (κ2) is 7.21. The highest BCUT2D eigenvalue weighted by molar-refractivity contribution is 5.77. The molecule has 0 atom stereocenters. The number of nitrogens with one attached hydrogen (secondary N) is 1. The summed E-state index contributed by atoms with van der Waals surface area (Å²) in [4.78, 5) is 16.5. The number of carbonyl (C=O) groups is 1. The van der Waals surface area contributed by atoms with Crippen molar-refractivity contribution in [3.05, 3.63) is 42.1 Å². The third kappa shape index (κ3) is 3.52. The van der Waals surface area contributed by atoms with Crippen LogP contribution >= 0.6 is 0 Å². The Morgan fingerprint density at radius 3 is 2.73 bits per heavy atom. The number of nitrogens with zero attached hydrogens (tertiary/aromatic N) is 3. The van der Waals surface area contributed by atoms with Gasteiger partial charge in [0.05, 0.1) is 30.5 Å². The van der Waals surface area contributed by atoms with Gasteiger partial charge < -0.3 is 9.64 Å². The van der Waals surface area contributed by atoms with Gasteiger partial charge in [0.15, 0.2) is 0 Å². The first-order chi connectivity index (χ1) is 12.7. The fourth-order valence-corrected chi connectivity index (χ4v) is 3.95. The van der Waals surface area contributed by atoms with Crippen LogP contribution in [0.15, 0.2) is 36.5 Å². The van der Waals surface area contributed by atoms with Crippen molar-refractivity contribution in [3.63, 3.8) is 0 Å². The lowest BCUT2D eigenvalue weighted by atomic mass is 9.87. The lowest BCUT2D eigenvalue weighted by molar-refractivity contribution is -0.134. The summed E-state index contributed by atoms with van der Waals surface area (Å²) < 4.78 is 6.14. The normalized spacial score (nSPS) is 21.1. The van der Waals surface area contributed by atoms with Gasteiger partial charge in [0.2, 0.25) is 5.91 Å². The van der Waals surface area contributed by atoms with Crippen LogP contribution in [-0.4, -0.2) is 64.8 Å². The Morgan fingerprint density at radius 2 is 1.96 bits per heavy atom. The Labute approximate surface area is 154 Å². The van der Waals surface area contributed by atoms with E-state index in [0.29, 0.717) is 19.6 Å². The molecule has 1 aromatic heterocycles. The number of likely N-dealkylation sites (tertiary alicyclic amines) is 1. The molecule has 3 heterocycles. The molecule has 2 saturated heterocycles. The Bertz CT molecular complexity index is 750. The average Bonchev–Trinajstić information content (AvgIpc) is 3.07. The number of benzene rings is 1.